The summed E-state index contributed by atoms with van der Waals surface area (Å²) < 4.78 is 11.9. The molecule has 8 aromatic carbocycles. The number of anilines is 3. The highest BCUT2D eigenvalue weighted by atomic mass is 32.1. The first-order valence-electron chi connectivity index (χ1n) is 18.2. The molecule has 0 fully saturated rings. The second kappa shape index (κ2) is 10.6. The van der Waals surface area contributed by atoms with Gasteiger partial charge in [-0.15, -0.1) is 22.7 Å². The van der Waals surface area contributed by atoms with Gasteiger partial charge in [0, 0.05) is 79.0 Å². The van der Waals surface area contributed by atoms with Crippen LogP contribution in [-0.4, -0.2) is 0 Å². The van der Waals surface area contributed by atoms with Gasteiger partial charge >= 0.3 is 0 Å². The minimum absolute atomic E-state index is 0.0955. The van der Waals surface area contributed by atoms with Gasteiger partial charge in [-0.05, 0) is 88.3 Å². The molecule has 0 amide bonds. The first-order valence-corrected chi connectivity index (χ1v) is 19.8. The van der Waals surface area contributed by atoms with Crippen LogP contribution in [0.25, 0.3) is 84.2 Å². The normalized spacial score (nSPS) is 13.6. The molecule has 0 N–H and O–H groups in total. The molecule has 0 atom stereocenters. The fraction of sp³-hybridized carbons (Fsp3) is 0.0612. The van der Waals surface area contributed by atoms with Gasteiger partial charge in [0.05, 0.1) is 0 Å². The van der Waals surface area contributed by atoms with Crippen LogP contribution < -0.4 is 4.90 Å². The van der Waals surface area contributed by atoms with E-state index in [0.717, 1.165) is 33.6 Å². The molecule has 3 heterocycles. The van der Waals surface area contributed by atoms with Gasteiger partial charge in [-0.25, -0.2) is 0 Å². The lowest BCUT2D eigenvalue weighted by atomic mass is 9.82. The van der Waals surface area contributed by atoms with Gasteiger partial charge < -0.3 is 9.32 Å². The summed E-state index contributed by atoms with van der Waals surface area (Å²) in [6.45, 7) is 4.72. The minimum atomic E-state index is -0.0955. The van der Waals surface area contributed by atoms with Gasteiger partial charge in [0.2, 0.25) is 0 Å². The van der Waals surface area contributed by atoms with Crippen molar-refractivity contribution >= 4 is 113 Å². The summed E-state index contributed by atoms with van der Waals surface area (Å²) in [7, 11) is 0. The zero-order chi connectivity index (χ0) is 35.0. The van der Waals surface area contributed by atoms with Crippen molar-refractivity contribution in [3.8, 4) is 11.1 Å². The Labute approximate surface area is 313 Å². The van der Waals surface area contributed by atoms with E-state index in [1.165, 1.54) is 78.8 Å². The molecule has 0 bridgehead atoms. The Morgan fingerprint density at radius 2 is 1.04 bits per heavy atom. The van der Waals surface area contributed by atoms with Crippen molar-refractivity contribution in [1.82, 2.24) is 0 Å². The van der Waals surface area contributed by atoms with Gasteiger partial charge in [0.15, 0.2) is 0 Å². The molecule has 0 spiro atoms. The van der Waals surface area contributed by atoms with Crippen LogP contribution in [-0.2, 0) is 5.41 Å². The van der Waals surface area contributed by atoms with E-state index in [0.29, 0.717) is 0 Å². The maximum absolute atomic E-state index is 6.81. The summed E-state index contributed by atoms with van der Waals surface area (Å²) in [4.78, 5) is 2.45. The second-order valence-electron chi connectivity index (χ2n) is 14.9. The highest BCUT2D eigenvalue weighted by molar-refractivity contribution is 7.26. The van der Waals surface area contributed by atoms with Crippen LogP contribution in [0, 0.1) is 0 Å². The van der Waals surface area contributed by atoms with E-state index in [4.69, 9.17) is 4.42 Å². The summed E-state index contributed by atoms with van der Waals surface area (Å²) >= 11 is 3.71. The number of thiophene rings is 2. The van der Waals surface area contributed by atoms with Crippen LogP contribution in [0.2, 0.25) is 0 Å². The van der Waals surface area contributed by atoms with Gasteiger partial charge in [-0.1, -0.05) is 105 Å². The van der Waals surface area contributed by atoms with Crippen molar-refractivity contribution in [3.63, 3.8) is 0 Å². The molecule has 1 aliphatic rings. The van der Waals surface area contributed by atoms with Crippen LogP contribution in [0.3, 0.4) is 0 Å². The number of hydrogen-bond acceptors (Lipinski definition) is 4. The highest BCUT2D eigenvalue weighted by Crippen LogP contribution is 2.52. The molecule has 0 saturated carbocycles. The quantitative estimate of drug-likeness (QED) is 0.181. The molecular formula is C49H31NOS2. The molecule has 53 heavy (non-hydrogen) atoms. The van der Waals surface area contributed by atoms with Crippen LogP contribution in [0.4, 0.5) is 17.1 Å². The Bertz CT molecular complexity index is 3340. The predicted octanol–water partition coefficient (Wildman–Crippen LogP) is 15.3. The maximum atomic E-state index is 6.81. The summed E-state index contributed by atoms with van der Waals surface area (Å²) in [6.07, 6.45) is 0. The van der Waals surface area contributed by atoms with E-state index in [2.05, 4.69) is 170 Å². The summed E-state index contributed by atoms with van der Waals surface area (Å²) in [5.41, 5.74) is 10.7. The monoisotopic (exact) mass is 713 g/mol. The van der Waals surface area contributed by atoms with Gasteiger partial charge in [0.1, 0.15) is 11.2 Å². The Kier molecular flexibility index (Phi) is 5.91. The zero-order valence-electron chi connectivity index (χ0n) is 29.1. The predicted molar refractivity (Wildman–Crippen MR) is 229 cm³/mol. The standard InChI is InChI=1S/C49H31NOS2/c1-49(2)40-13-7-5-11-33(40)34-20-16-29(25-41(34)49)50(30-17-21-36-35-12-6-8-14-42(35)52-44(36)26-30)31-18-22-39-45(27-31)53-43-24-23-38-37-19-15-28-9-3-4-10-32(28)47(37)51-48(38)46(39)43/h3-27H,1-2H3. The smallest absolute Gasteiger partial charge is 0.144 e. The summed E-state index contributed by atoms with van der Waals surface area (Å²) in [6, 6.07) is 56.1. The Morgan fingerprint density at radius 3 is 1.92 bits per heavy atom. The first-order chi connectivity index (χ1) is 26.0. The van der Waals surface area contributed by atoms with Gasteiger partial charge in [-0.2, -0.15) is 0 Å². The van der Waals surface area contributed by atoms with Crippen molar-refractivity contribution in [2.75, 3.05) is 4.90 Å². The van der Waals surface area contributed by atoms with E-state index in [-0.39, 0.29) is 5.41 Å². The van der Waals surface area contributed by atoms with E-state index in [1.807, 2.05) is 22.7 Å². The molecule has 3 aromatic heterocycles. The third-order valence-corrected chi connectivity index (χ3v) is 13.9. The van der Waals surface area contributed by atoms with Crippen molar-refractivity contribution in [2.45, 2.75) is 19.3 Å². The molecule has 0 unspecified atom stereocenters. The molecule has 4 heteroatoms. The van der Waals surface area contributed by atoms with Gasteiger partial charge in [-0.3, -0.25) is 0 Å². The number of benzene rings is 8. The van der Waals surface area contributed by atoms with Crippen molar-refractivity contribution in [1.29, 1.82) is 0 Å². The van der Waals surface area contributed by atoms with E-state index in [9.17, 15) is 0 Å². The lowest BCUT2D eigenvalue weighted by Crippen LogP contribution is -2.16. The molecule has 0 saturated heterocycles. The van der Waals surface area contributed by atoms with Gasteiger partial charge in [0.25, 0.3) is 0 Å². The molecule has 1 aliphatic carbocycles. The van der Waals surface area contributed by atoms with E-state index in [1.54, 1.807) is 0 Å². The third-order valence-electron chi connectivity index (χ3n) is 11.7. The molecule has 2 nitrogen and oxygen atoms in total. The number of fused-ring (bicyclic) bond motifs is 15. The molecule has 250 valence electrons. The van der Waals surface area contributed by atoms with E-state index < -0.39 is 0 Å². The summed E-state index contributed by atoms with van der Waals surface area (Å²) in [5.74, 6) is 0. The van der Waals surface area contributed by atoms with Crippen LogP contribution in [0.15, 0.2) is 156 Å². The SMILES string of the molecule is CC1(C)c2ccccc2-c2ccc(N(c3ccc4c(c3)sc3ccccc34)c3ccc4c(c3)sc3ccc5c6ccc7ccccc7c6oc5c34)cc21. The average Bonchev–Trinajstić information content (AvgIpc) is 3.93. The molecule has 12 rings (SSSR count). The number of hydrogen-bond donors (Lipinski definition) is 0. The van der Waals surface area contributed by atoms with Crippen molar-refractivity contribution in [3.05, 3.63) is 163 Å². The number of furan rings is 1. The summed E-state index contributed by atoms with van der Waals surface area (Å²) in [5, 5.41) is 9.74. The molecule has 11 aromatic rings. The zero-order valence-corrected chi connectivity index (χ0v) is 30.7. The van der Waals surface area contributed by atoms with E-state index >= 15 is 0 Å². The van der Waals surface area contributed by atoms with Crippen molar-refractivity contribution < 1.29 is 4.42 Å². The Hall–Kier alpha value is -5.94. The second-order valence-corrected chi connectivity index (χ2v) is 17.0. The maximum Gasteiger partial charge on any atom is 0.144 e. The molecular weight excluding hydrogens is 683 g/mol. The number of rotatable bonds is 3. The molecule has 0 aliphatic heterocycles. The van der Waals surface area contributed by atoms with Crippen molar-refractivity contribution in [2.24, 2.45) is 0 Å². The Balaban J connectivity index is 1.08. The van der Waals surface area contributed by atoms with Crippen LogP contribution >= 0.6 is 22.7 Å². The third kappa shape index (κ3) is 4.08. The lowest BCUT2D eigenvalue weighted by molar-refractivity contribution is 0.660. The molecule has 0 radical (unpaired) electrons. The fourth-order valence-corrected chi connectivity index (χ4v) is 11.4. The minimum Gasteiger partial charge on any atom is -0.455 e. The number of nitrogens with zero attached hydrogens (tertiary/aromatic N) is 1. The Morgan fingerprint density at radius 1 is 0.434 bits per heavy atom. The highest BCUT2D eigenvalue weighted by Gasteiger charge is 2.35. The van der Waals surface area contributed by atoms with Crippen LogP contribution in [0.1, 0.15) is 25.0 Å². The van der Waals surface area contributed by atoms with Crippen LogP contribution in [0.5, 0.6) is 0 Å². The lowest BCUT2D eigenvalue weighted by Gasteiger charge is -2.28. The first kappa shape index (κ1) is 29.6. The average molecular weight is 714 g/mol. The topological polar surface area (TPSA) is 16.4 Å². The fourth-order valence-electron chi connectivity index (χ4n) is 9.08. The largest absolute Gasteiger partial charge is 0.455 e.